The van der Waals surface area contributed by atoms with Crippen molar-refractivity contribution < 1.29 is 26.3 Å². The van der Waals surface area contributed by atoms with E-state index in [4.69, 9.17) is 4.74 Å². The smallest absolute Gasteiger partial charge is 0.268 e. The molecule has 8 heteroatoms. The van der Waals surface area contributed by atoms with Crippen LogP contribution in [0, 0.1) is 24.4 Å². The van der Waals surface area contributed by atoms with Crippen LogP contribution in [0.4, 0.5) is 18.9 Å². The van der Waals surface area contributed by atoms with Gasteiger partial charge < -0.3 is 4.74 Å². The number of sulfonamides is 1. The van der Waals surface area contributed by atoms with Crippen molar-refractivity contribution in [3.63, 3.8) is 0 Å². The van der Waals surface area contributed by atoms with E-state index in [1.165, 1.54) is 12.1 Å². The molecule has 0 bridgehead atoms. The fraction of sp³-hybridized carbons (Fsp3) is 0.182. The Balaban J connectivity index is 1.70. The summed E-state index contributed by atoms with van der Waals surface area (Å²) in [5.41, 5.74) is 1.26. The van der Waals surface area contributed by atoms with Crippen molar-refractivity contribution in [2.45, 2.75) is 30.8 Å². The molecule has 3 aromatic rings. The fourth-order valence-electron chi connectivity index (χ4n) is 3.00. The first-order chi connectivity index (χ1) is 14.3. The van der Waals surface area contributed by atoms with Crippen LogP contribution in [0.2, 0.25) is 0 Å². The molecule has 0 spiro atoms. The van der Waals surface area contributed by atoms with Gasteiger partial charge >= 0.3 is 0 Å². The highest BCUT2D eigenvalue weighted by molar-refractivity contribution is 7.92. The number of anilines is 1. The third-order valence-corrected chi connectivity index (χ3v) is 6.18. The minimum absolute atomic E-state index is 0.118. The van der Waals surface area contributed by atoms with Gasteiger partial charge in [-0.1, -0.05) is 42.5 Å². The lowest BCUT2D eigenvalue weighted by atomic mass is 10.1. The highest BCUT2D eigenvalue weighted by Gasteiger charge is 2.36. The Morgan fingerprint density at radius 2 is 1.47 bits per heavy atom. The Hall–Kier alpha value is -3.00. The minimum atomic E-state index is -4.66. The lowest BCUT2D eigenvalue weighted by molar-refractivity contribution is 0.271. The first-order valence-electron chi connectivity index (χ1n) is 9.30. The first kappa shape index (κ1) is 20.3. The van der Waals surface area contributed by atoms with Crippen LogP contribution in [0.1, 0.15) is 18.4 Å². The zero-order valence-electron chi connectivity index (χ0n) is 16.0. The molecule has 3 aromatic carbocycles. The molecular formula is C22H18F3NO3S. The van der Waals surface area contributed by atoms with Gasteiger partial charge in [0.2, 0.25) is 0 Å². The molecule has 0 saturated heterocycles. The van der Waals surface area contributed by atoms with E-state index in [0.29, 0.717) is 12.8 Å². The molecule has 1 aliphatic rings. The first-order valence-corrected chi connectivity index (χ1v) is 10.8. The van der Waals surface area contributed by atoms with Gasteiger partial charge in [-0.05, 0) is 43.0 Å². The van der Waals surface area contributed by atoms with Crippen molar-refractivity contribution in [2.24, 2.45) is 0 Å². The number of rotatable bonds is 6. The number of benzene rings is 3. The Morgan fingerprint density at radius 3 is 2.07 bits per heavy atom. The van der Waals surface area contributed by atoms with E-state index in [2.05, 4.69) is 4.72 Å². The maximum absolute atomic E-state index is 14.6. The van der Waals surface area contributed by atoms with Gasteiger partial charge in [0.15, 0.2) is 28.1 Å². The molecule has 1 N–H and O–H groups in total. The van der Waals surface area contributed by atoms with Crippen LogP contribution in [0.25, 0.3) is 11.1 Å². The van der Waals surface area contributed by atoms with E-state index in [1.807, 2.05) is 30.3 Å². The Bertz CT molecular complexity index is 1190. The van der Waals surface area contributed by atoms with Gasteiger partial charge in [-0.3, -0.25) is 4.72 Å². The van der Waals surface area contributed by atoms with E-state index >= 15 is 0 Å². The van der Waals surface area contributed by atoms with E-state index < -0.39 is 49.8 Å². The summed E-state index contributed by atoms with van der Waals surface area (Å²) >= 11 is 0. The maximum atomic E-state index is 14.6. The Morgan fingerprint density at radius 1 is 0.867 bits per heavy atom. The molecule has 0 heterocycles. The number of hydrogen-bond donors (Lipinski definition) is 1. The summed E-state index contributed by atoms with van der Waals surface area (Å²) in [6.07, 6.45) is 0.763. The molecule has 1 saturated carbocycles. The quantitative estimate of drug-likeness (QED) is 0.528. The normalized spacial score (nSPS) is 13.9. The highest BCUT2D eigenvalue weighted by atomic mass is 32.2. The van der Waals surface area contributed by atoms with E-state index in [-0.39, 0.29) is 5.69 Å². The molecule has 0 aromatic heterocycles. The Labute approximate surface area is 172 Å². The van der Waals surface area contributed by atoms with Crippen LogP contribution in [0.3, 0.4) is 0 Å². The summed E-state index contributed by atoms with van der Waals surface area (Å²) in [7, 11) is -4.66. The van der Waals surface area contributed by atoms with Crippen molar-refractivity contribution in [3.8, 4) is 16.9 Å². The van der Waals surface area contributed by atoms with E-state index in [0.717, 1.165) is 18.1 Å². The molecule has 0 aliphatic heterocycles. The SMILES string of the molecule is Cc1c(F)c(F)c(S(=O)(=O)Nc2ccc(-c3ccccc3)cc2)c(OC2CC2)c1F. The predicted molar refractivity (Wildman–Crippen MR) is 107 cm³/mol. The van der Waals surface area contributed by atoms with Crippen molar-refractivity contribution in [1.29, 1.82) is 0 Å². The summed E-state index contributed by atoms with van der Waals surface area (Å²) in [5.74, 6) is -5.24. The lowest BCUT2D eigenvalue weighted by Gasteiger charge is -2.17. The average Bonchev–Trinajstić information content (AvgIpc) is 3.55. The van der Waals surface area contributed by atoms with Crippen LogP contribution in [-0.2, 0) is 10.0 Å². The van der Waals surface area contributed by atoms with Gasteiger partial charge in [-0.15, -0.1) is 0 Å². The second kappa shape index (κ2) is 7.68. The molecule has 0 radical (unpaired) electrons. The Kier molecular flexibility index (Phi) is 5.19. The largest absolute Gasteiger partial charge is 0.486 e. The second-order valence-electron chi connectivity index (χ2n) is 7.09. The summed E-state index contributed by atoms with van der Waals surface area (Å²) in [4.78, 5) is -1.16. The van der Waals surface area contributed by atoms with Crippen molar-refractivity contribution in [3.05, 3.63) is 77.6 Å². The molecule has 0 amide bonds. The van der Waals surface area contributed by atoms with Crippen molar-refractivity contribution in [1.82, 2.24) is 0 Å². The molecule has 4 rings (SSSR count). The van der Waals surface area contributed by atoms with Gasteiger partial charge in [0.1, 0.15) is 0 Å². The van der Waals surface area contributed by atoms with Crippen molar-refractivity contribution >= 4 is 15.7 Å². The number of ether oxygens (including phenoxy) is 1. The monoisotopic (exact) mass is 433 g/mol. The zero-order chi connectivity index (χ0) is 21.5. The van der Waals surface area contributed by atoms with E-state index in [9.17, 15) is 21.6 Å². The van der Waals surface area contributed by atoms with Gasteiger partial charge in [0.05, 0.1) is 6.10 Å². The summed E-state index contributed by atoms with van der Waals surface area (Å²) < 4.78 is 76.5. The standard InChI is InChI=1S/C22H18F3NO3S/c1-13-18(23)20(25)22(21(19(13)24)29-17-11-12-17)30(27,28)26-16-9-7-15(8-10-16)14-5-3-2-4-6-14/h2-10,17,26H,11-12H2,1H3. The van der Waals surface area contributed by atoms with Crippen LogP contribution >= 0.6 is 0 Å². The average molecular weight is 433 g/mol. The molecule has 156 valence electrons. The van der Waals surface area contributed by atoms with Crippen LogP contribution < -0.4 is 9.46 Å². The highest BCUT2D eigenvalue weighted by Crippen LogP contribution is 2.39. The molecule has 1 fully saturated rings. The lowest BCUT2D eigenvalue weighted by Crippen LogP contribution is -2.19. The fourth-order valence-corrected chi connectivity index (χ4v) is 4.25. The van der Waals surface area contributed by atoms with Gasteiger partial charge in [0, 0.05) is 11.3 Å². The molecule has 4 nitrogen and oxygen atoms in total. The van der Waals surface area contributed by atoms with Gasteiger partial charge in [0.25, 0.3) is 10.0 Å². The van der Waals surface area contributed by atoms with Gasteiger partial charge in [-0.2, -0.15) is 0 Å². The predicted octanol–water partition coefficient (Wildman–Crippen LogP) is 5.42. The molecule has 0 atom stereocenters. The third kappa shape index (κ3) is 3.87. The van der Waals surface area contributed by atoms with Crippen LogP contribution in [-0.4, -0.2) is 14.5 Å². The third-order valence-electron chi connectivity index (χ3n) is 4.78. The topological polar surface area (TPSA) is 55.4 Å². The molecule has 30 heavy (non-hydrogen) atoms. The molecule has 1 aliphatic carbocycles. The molecule has 0 unspecified atom stereocenters. The van der Waals surface area contributed by atoms with Crippen LogP contribution in [0.15, 0.2) is 59.5 Å². The summed E-state index contributed by atoms with van der Waals surface area (Å²) in [6, 6.07) is 15.7. The number of halogens is 3. The maximum Gasteiger partial charge on any atom is 0.268 e. The van der Waals surface area contributed by atoms with Crippen LogP contribution in [0.5, 0.6) is 5.75 Å². The molecular weight excluding hydrogens is 415 g/mol. The number of nitrogens with one attached hydrogen (secondary N) is 1. The van der Waals surface area contributed by atoms with E-state index in [1.54, 1.807) is 12.1 Å². The van der Waals surface area contributed by atoms with Crippen molar-refractivity contribution in [2.75, 3.05) is 4.72 Å². The summed E-state index contributed by atoms with van der Waals surface area (Å²) in [5, 5.41) is 0. The zero-order valence-corrected chi connectivity index (χ0v) is 16.8. The minimum Gasteiger partial charge on any atom is -0.486 e. The van der Waals surface area contributed by atoms with Gasteiger partial charge in [-0.25, -0.2) is 21.6 Å². The summed E-state index contributed by atoms with van der Waals surface area (Å²) in [6.45, 7) is 1.03. The number of hydrogen-bond acceptors (Lipinski definition) is 3. The second-order valence-corrected chi connectivity index (χ2v) is 8.71.